The molecule has 0 aromatic carbocycles. The first kappa shape index (κ1) is 16.5. The molecule has 4 heterocycles. The molecule has 0 radical (unpaired) electrons. The van der Waals surface area contributed by atoms with Crippen LogP contribution >= 0.6 is 22.7 Å². The smallest absolute Gasteiger partial charge is 0.260 e. The van der Waals surface area contributed by atoms with E-state index >= 15 is 0 Å². The molecule has 130 valence electrons. The van der Waals surface area contributed by atoms with Gasteiger partial charge >= 0.3 is 0 Å². The predicted molar refractivity (Wildman–Crippen MR) is 97.6 cm³/mol. The molecule has 10 heteroatoms. The summed E-state index contributed by atoms with van der Waals surface area (Å²) in [6.45, 7) is 0. The Kier molecular flexibility index (Phi) is 4.27. The number of anilines is 1. The summed E-state index contributed by atoms with van der Waals surface area (Å²) in [6, 6.07) is 3.24. The van der Waals surface area contributed by atoms with Crippen molar-refractivity contribution >= 4 is 33.7 Å². The Morgan fingerprint density at radius 2 is 2.15 bits per heavy atom. The Morgan fingerprint density at radius 1 is 1.27 bits per heavy atom. The lowest BCUT2D eigenvalue weighted by Crippen LogP contribution is -2.13. The molecule has 0 bridgehead atoms. The van der Waals surface area contributed by atoms with Crippen LogP contribution in [0.5, 0.6) is 0 Å². The number of aryl methyl sites for hydroxylation is 1. The van der Waals surface area contributed by atoms with Crippen molar-refractivity contribution in [1.82, 2.24) is 24.7 Å². The Bertz CT molecular complexity index is 1070. The number of nitrogens with one attached hydrogen (secondary N) is 1. The van der Waals surface area contributed by atoms with Crippen molar-refractivity contribution in [1.29, 1.82) is 0 Å². The quantitative estimate of drug-likeness (QED) is 0.581. The summed E-state index contributed by atoms with van der Waals surface area (Å²) < 4.78 is 15.4. The minimum Gasteiger partial charge on any atom is -0.298 e. The van der Waals surface area contributed by atoms with Crippen LogP contribution < -0.4 is 5.32 Å². The highest BCUT2D eigenvalue weighted by atomic mass is 32.1. The summed E-state index contributed by atoms with van der Waals surface area (Å²) >= 11 is 2.79. The van der Waals surface area contributed by atoms with E-state index in [1.54, 1.807) is 17.1 Å². The summed E-state index contributed by atoms with van der Waals surface area (Å²) in [5.41, 5.74) is 1.54. The standard InChI is InChI=1S/C16H11FN6OS2/c1-23-12(6-11(22-23)15-19-4-5-25-15)13-8-20-16(26-13)21-14(24)9-2-3-18-7-10(9)17/h2-8H,1H3,(H,20,21,24). The Morgan fingerprint density at radius 3 is 2.92 bits per heavy atom. The van der Waals surface area contributed by atoms with Crippen molar-refractivity contribution in [2.75, 3.05) is 5.32 Å². The molecule has 0 aliphatic rings. The molecule has 0 aliphatic carbocycles. The molecule has 0 saturated carbocycles. The Hall–Kier alpha value is -2.98. The number of hydrogen-bond donors (Lipinski definition) is 1. The van der Waals surface area contributed by atoms with Gasteiger partial charge in [-0.3, -0.25) is 19.8 Å². The second-order valence-corrected chi connectivity index (χ2v) is 7.14. The zero-order valence-corrected chi connectivity index (χ0v) is 15.0. The van der Waals surface area contributed by atoms with Gasteiger partial charge in [0.2, 0.25) is 0 Å². The van der Waals surface area contributed by atoms with E-state index < -0.39 is 11.7 Å². The SMILES string of the molecule is Cn1nc(-c2nccs2)cc1-c1cnc(NC(=O)c2ccncc2F)s1. The van der Waals surface area contributed by atoms with Gasteiger partial charge < -0.3 is 0 Å². The van der Waals surface area contributed by atoms with Crippen molar-refractivity contribution in [3.63, 3.8) is 0 Å². The largest absolute Gasteiger partial charge is 0.298 e. The lowest BCUT2D eigenvalue weighted by atomic mass is 10.2. The van der Waals surface area contributed by atoms with Crippen molar-refractivity contribution in [3.8, 4) is 21.3 Å². The third kappa shape index (κ3) is 3.11. The van der Waals surface area contributed by atoms with Gasteiger partial charge in [0.15, 0.2) is 10.9 Å². The lowest BCUT2D eigenvalue weighted by molar-refractivity contribution is 0.102. The molecular formula is C16H11FN6OS2. The molecule has 1 amide bonds. The number of carbonyl (C=O) groups is 1. The average Bonchev–Trinajstić information content (AvgIpc) is 3.35. The molecule has 1 N–H and O–H groups in total. The molecule has 7 nitrogen and oxygen atoms in total. The van der Waals surface area contributed by atoms with Crippen LogP contribution in [-0.4, -0.2) is 30.6 Å². The van der Waals surface area contributed by atoms with E-state index in [1.165, 1.54) is 34.9 Å². The highest BCUT2D eigenvalue weighted by molar-refractivity contribution is 7.19. The molecular weight excluding hydrogens is 375 g/mol. The van der Waals surface area contributed by atoms with Crippen molar-refractivity contribution in [3.05, 3.63) is 53.7 Å². The van der Waals surface area contributed by atoms with Crippen LogP contribution in [0.2, 0.25) is 0 Å². The minimum atomic E-state index is -0.679. The highest BCUT2D eigenvalue weighted by Crippen LogP contribution is 2.32. The van der Waals surface area contributed by atoms with Crippen molar-refractivity contribution < 1.29 is 9.18 Å². The molecule has 26 heavy (non-hydrogen) atoms. The van der Waals surface area contributed by atoms with E-state index in [1.807, 2.05) is 18.5 Å². The first-order valence-electron chi connectivity index (χ1n) is 7.43. The number of amides is 1. The summed E-state index contributed by atoms with van der Waals surface area (Å²) in [4.78, 5) is 25.1. The third-order valence-corrected chi connectivity index (χ3v) is 5.26. The van der Waals surface area contributed by atoms with Gasteiger partial charge in [-0.1, -0.05) is 11.3 Å². The van der Waals surface area contributed by atoms with E-state index in [9.17, 15) is 9.18 Å². The number of thiazole rings is 2. The second-order valence-electron chi connectivity index (χ2n) is 5.21. The molecule has 0 saturated heterocycles. The van der Waals surface area contributed by atoms with Gasteiger partial charge in [0.05, 0.1) is 22.3 Å². The van der Waals surface area contributed by atoms with Gasteiger partial charge in [0, 0.05) is 31.0 Å². The van der Waals surface area contributed by atoms with Crippen molar-refractivity contribution in [2.45, 2.75) is 0 Å². The van der Waals surface area contributed by atoms with Crippen LogP contribution in [-0.2, 0) is 7.05 Å². The monoisotopic (exact) mass is 386 g/mol. The normalized spacial score (nSPS) is 10.8. The molecule has 0 unspecified atom stereocenters. The first-order valence-corrected chi connectivity index (χ1v) is 9.12. The van der Waals surface area contributed by atoms with Gasteiger partial charge in [-0.15, -0.1) is 11.3 Å². The molecule has 0 fully saturated rings. The number of carbonyl (C=O) groups excluding carboxylic acids is 1. The summed E-state index contributed by atoms with van der Waals surface area (Å²) in [5, 5.41) is 10.2. The van der Waals surface area contributed by atoms with Gasteiger partial charge in [-0.2, -0.15) is 5.10 Å². The van der Waals surface area contributed by atoms with E-state index in [-0.39, 0.29) is 5.56 Å². The van der Waals surface area contributed by atoms with Crippen molar-refractivity contribution in [2.24, 2.45) is 7.05 Å². The highest BCUT2D eigenvalue weighted by Gasteiger charge is 2.16. The van der Waals surface area contributed by atoms with E-state index in [0.29, 0.717) is 5.13 Å². The minimum absolute atomic E-state index is 0.0802. The van der Waals surface area contributed by atoms with Gasteiger partial charge in [-0.05, 0) is 12.1 Å². The van der Waals surface area contributed by atoms with E-state index in [4.69, 9.17) is 0 Å². The molecule has 0 aliphatic heterocycles. The van der Waals surface area contributed by atoms with Crippen LogP contribution in [0.4, 0.5) is 9.52 Å². The molecule has 4 aromatic rings. The average molecular weight is 386 g/mol. The fourth-order valence-corrected chi connectivity index (χ4v) is 3.78. The van der Waals surface area contributed by atoms with Crippen LogP contribution in [0, 0.1) is 5.82 Å². The Balaban J connectivity index is 1.57. The zero-order chi connectivity index (χ0) is 18.1. The van der Waals surface area contributed by atoms with Crippen LogP contribution in [0.15, 0.2) is 42.3 Å². The van der Waals surface area contributed by atoms with E-state index in [2.05, 4.69) is 25.4 Å². The maximum absolute atomic E-state index is 13.6. The van der Waals surface area contributed by atoms with Crippen LogP contribution in [0.25, 0.3) is 21.3 Å². The summed E-state index contributed by atoms with van der Waals surface area (Å²) in [7, 11) is 1.83. The maximum atomic E-state index is 13.6. The molecule has 0 spiro atoms. The number of hydrogen-bond acceptors (Lipinski definition) is 7. The van der Waals surface area contributed by atoms with Gasteiger partial charge in [-0.25, -0.2) is 14.4 Å². The fourth-order valence-electron chi connectivity index (χ4n) is 2.33. The van der Waals surface area contributed by atoms with Gasteiger partial charge in [0.25, 0.3) is 5.91 Å². The molecule has 4 rings (SSSR count). The number of rotatable bonds is 4. The maximum Gasteiger partial charge on any atom is 0.260 e. The summed E-state index contributed by atoms with van der Waals surface area (Å²) in [5.74, 6) is -1.25. The van der Waals surface area contributed by atoms with E-state index in [0.717, 1.165) is 27.5 Å². The van der Waals surface area contributed by atoms with Crippen LogP contribution in [0.3, 0.4) is 0 Å². The molecule has 0 atom stereocenters. The predicted octanol–water partition coefficient (Wildman–Crippen LogP) is 3.45. The van der Waals surface area contributed by atoms with Gasteiger partial charge in [0.1, 0.15) is 10.7 Å². The second kappa shape index (κ2) is 6.73. The molecule has 4 aromatic heterocycles. The Labute approximate surface area is 155 Å². The summed E-state index contributed by atoms with van der Waals surface area (Å²) in [6.07, 6.45) is 5.73. The zero-order valence-electron chi connectivity index (χ0n) is 13.4. The first-order chi connectivity index (χ1) is 12.6. The topological polar surface area (TPSA) is 85.6 Å². The third-order valence-electron chi connectivity index (χ3n) is 3.53. The number of aromatic nitrogens is 5. The number of pyridine rings is 1. The van der Waals surface area contributed by atoms with Crippen LogP contribution in [0.1, 0.15) is 10.4 Å². The lowest BCUT2D eigenvalue weighted by Gasteiger charge is -2.02. The number of nitrogens with zero attached hydrogens (tertiary/aromatic N) is 5. The number of halogens is 1. The fraction of sp³-hybridized carbons (Fsp3) is 0.0625.